The van der Waals surface area contributed by atoms with Crippen molar-refractivity contribution in [1.29, 1.82) is 0 Å². The van der Waals surface area contributed by atoms with Gasteiger partial charge < -0.3 is 10.1 Å². The molecule has 1 saturated heterocycles. The van der Waals surface area contributed by atoms with Crippen molar-refractivity contribution >= 4 is 33.0 Å². The topological polar surface area (TPSA) is 88.6 Å². The van der Waals surface area contributed by atoms with Crippen LogP contribution in [0.4, 0.5) is 14.5 Å². The number of hydrogen-bond donors (Lipinski definition) is 1. The molecule has 11 heteroatoms. The van der Waals surface area contributed by atoms with Crippen molar-refractivity contribution in [3.63, 3.8) is 0 Å². The van der Waals surface area contributed by atoms with E-state index in [1.165, 1.54) is 29.5 Å². The van der Waals surface area contributed by atoms with E-state index in [2.05, 4.69) is 10.3 Å². The van der Waals surface area contributed by atoms with Gasteiger partial charge in [-0.2, -0.15) is 4.31 Å². The SMILES string of the molecule is O=C(Cc1csc(-c2cccc(F)c2)n1)Nc1ccc(F)c(S(=O)(=O)N2CCOCC2)c1. The monoisotopic (exact) mass is 479 g/mol. The second kappa shape index (κ2) is 9.41. The number of thiazole rings is 1. The number of carbonyl (C=O) groups is 1. The number of anilines is 1. The van der Waals surface area contributed by atoms with Crippen LogP contribution >= 0.6 is 11.3 Å². The average Bonchev–Trinajstić information content (AvgIpc) is 3.24. The van der Waals surface area contributed by atoms with Crippen LogP contribution in [0.15, 0.2) is 52.7 Å². The van der Waals surface area contributed by atoms with Crippen LogP contribution in [0.25, 0.3) is 10.6 Å². The van der Waals surface area contributed by atoms with Gasteiger partial charge in [0.15, 0.2) is 0 Å². The first kappa shape index (κ1) is 22.5. The molecule has 0 radical (unpaired) electrons. The van der Waals surface area contributed by atoms with Crippen LogP contribution in [0.3, 0.4) is 0 Å². The molecule has 168 valence electrons. The number of aromatic nitrogens is 1. The Morgan fingerprint density at radius 1 is 1.16 bits per heavy atom. The molecule has 0 saturated carbocycles. The highest BCUT2D eigenvalue weighted by Gasteiger charge is 2.29. The van der Waals surface area contributed by atoms with Gasteiger partial charge in [-0.25, -0.2) is 22.2 Å². The molecule has 32 heavy (non-hydrogen) atoms. The van der Waals surface area contributed by atoms with Gasteiger partial charge in [0.25, 0.3) is 0 Å². The van der Waals surface area contributed by atoms with Crippen LogP contribution in [-0.2, 0) is 26.0 Å². The Morgan fingerprint density at radius 3 is 2.69 bits per heavy atom. The molecule has 0 atom stereocenters. The van der Waals surface area contributed by atoms with E-state index in [-0.39, 0.29) is 44.2 Å². The maximum atomic E-state index is 14.3. The van der Waals surface area contributed by atoms with Gasteiger partial charge in [-0.1, -0.05) is 12.1 Å². The molecular formula is C21H19F2N3O4S2. The van der Waals surface area contributed by atoms with E-state index in [0.29, 0.717) is 16.3 Å². The maximum Gasteiger partial charge on any atom is 0.246 e. The number of amides is 1. The Morgan fingerprint density at radius 2 is 1.94 bits per heavy atom. The maximum absolute atomic E-state index is 14.3. The third-order valence-corrected chi connectivity index (χ3v) is 7.62. The normalized spacial score (nSPS) is 14.9. The van der Waals surface area contributed by atoms with Gasteiger partial charge in [-0.3, -0.25) is 4.79 Å². The van der Waals surface area contributed by atoms with E-state index in [1.54, 1.807) is 17.5 Å². The molecule has 2 heterocycles. The second-order valence-electron chi connectivity index (χ2n) is 7.04. The molecule has 0 bridgehead atoms. The summed E-state index contributed by atoms with van der Waals surface area (Å²) in [5.74, 6) is -1.72. The Kier molecular flexibility index (Phi) is 6.60. The summed E-state index contributed by atoms with van der Waals surface area (Å²) in [5, 5.41) is 4.85. The number of benzene rings is 2. The Labute approximate surface area is 187 Å². The van der Waals surface area contributed by atoms with Gasteiger partial charge in [0.05, 0.1) is 25.3 Å². The number of halogens is 2. The first-order valence-electron chi connectivity index (χ1n) is 9.70. The molecule has 1 aromatic heterocycles. The lowest BCUT2D eigenvalue weighted by atomic mass is 10.2. The van der Waals surface area contributed by atoms with Gasteiger partial charge in [0.2, 0.25) is 15.9 Å². The first-order valence-corrected chi connectivity index (χ1v) is 12.0. The predicted molar refractivity (Wildman–Crippen MR) is 116 cm³/mol. The Balaban J connectivity index is 1.47. The van der Waals surface area contributed by atoms with E-state index >= 15 is 0 Å². The van der Waals surface area contributed by atoms with Crippen LogP contribution < -0.4 is 5.32 Å². The highest BCUT2D eigenvalue weighted by atomic mass is 32.2. The molecule has 1 amide bonds. The predicted octanol–water partition coefficient (Wildman–Crippen LogP) is 3.29. The summed E-state index contributed by atoms with van der Waals surface area (Å²) in [7, 11) is -4.06. The summed E-state index contributed by atoms with van der Waals surface area (Å²) in [5.41, 5.74) is 1.25. The molecular weight excluding hydrogens is 460 g/mol. The van der Waals surface area contributed by atoms with Crippen molar-refractivity contribution in [2.75, 3.05) is 31.6 Å². The summed E-state index contributed by atoms with van der Waals surface area (Å²) in [6.45, 7) is 0.747. The molecule has 7 nitrogen and oxygen atoms in total. The molecule has 4 rings (SSSR count). The van der Waals surface area contributed by atoms with Crippen molar-refractivity contribution in [1.82, 2.24) is 9.29 Å². The fourth-order valence-corrected chi connectivity index (χ4v) is 5.53. The van der Waals surface area contributed by atoms with E-state index in [9.17, 15) is 22.0 Å². The lowest BCUT2D eigenvalue weighted by Crippen LogP contribution is -2.40. The second-order valence-corrected chi connectivity index (χ2v) is 9.81. The van der Waals surface area contributed by atoms with Gasteiger partial charge in [0, 0.05) is 29.7 Å². The summed E-state index contributed by atoms with van der Waals surface area (Å²) in [4.78, 5) is 16.3. The smallest absolute Gasteiger partial charge is 0.246 e. The highest BCUT2D eigenvalue weighted by molar-refractivity contribution is 7.89. The molecule has 0 unspecified atom stereocenters. The van der Waals surface area contributed by atoms with Crippen molar-refractivity contribution in [2.45, 2.75) is 11.3 Å². The van der Waals surface area contributed by atoms with Crippen molar-refractivity contribution < 1.29 is 26.7 Å². The number of nitrogens with one attached hydrogen (secondary N) is 1. The minimum absolute atomic E-state index is 0.0747. The van der Waals surface area contributed by atoms with Crippen molar-refractivity contribution in [3.05, 3.63) is 65.2 Å². The minimum Gasteiger partial charge on any atom is -0.379 e. The Bertz CT molecular complexity index is 1240. The number of rotatable bonds is 6. The largest absolute Gasteiger partial charge is 0.379 e. The van der Waals surface area contributed by atoms with Gasteiger partial charge in [-0.15, -0.1) is 11.3 Å². The molecule has 1 fully saturated rings. The number of ether oxygens (including phenoxy) is 1. The lowest BCUT2D eigenvalue weighted by Gasteiger charge is -2.26. The van der Waals surface area contributed by atoms with Gasteiger partial charge in [-0.05, 0) is 30.3 Å². The quantitative estimate of drug-likeness (QED) is 0.586. The minimum atomic E-state index is -4.06. The van der Waals surface area contributed by atoms with Crippen LogP contribution in [-0.4, -0.2) is 49.9 Å². The molecule has 1 aliphatic heterocycles. The number of carbonyl (C=O) groups excluding carboxylic acids is 1. The number of hydrogen-bond acceptors (Lipinski definition) is 6. The summed E-state index contributed by atoms with van der Waals surface area (Å²) < 4.78 is 59.6. The van der Waals surface area contributed by atoms with Crippen LogP contribution in [0.5, 0.6) is 0 Å². The van der Waals surface area contributed by atoms with Crippen LogP contribution in [0, 0.1) is 11.6 Å². The van der Waals surface area contributed by atoms with E-state index < -0.39 is 26.6 Å². The van der Waals surface area contributed by atoms with Gasteiger partial charge in [0.1, 0.15) is 21.5 Å². The van der Waals surface area contributed by atoms with Gasteiger partial charge >= 0.3 is 0 Å². The summed E-state index contributed by atoms with van der Waals surface area (Å²) in [6.07, 6.45) is -0.0747. The first-order chi connectivity index (χ1) is 15.3. The van der Waals surface area contributed by atoms with Crippen LogP contribution in [0.1, 0.15) is 5.69 Å². The zero-order chi connectivity index (χ0) is 22.7. The van der Waals surface area contributed by atoms with E-state index in [1.807, 2.05) is 0 Å². The number of sulfonamides is 1. The molecule has 2 aromatic carbocycles. The molecule has 3 aromatic rings. The molecule has 1 aliphatic rings. The fourth-order valence-electron chi connectivity index (χ4n) is 3.22. The zero-order valence-corrected chi connectivity index (χ0v) is 18.4. The third kappa shape index (κ3) is 5.01. The fraction of sp³-hybridized carbons (Fsp3) is 0.238. The third-order valence-electron chi connectivity index (χ3n) is 4.77. The standard InChI is InChI=1S/C21H19F2N3O4S2/c22-15-3-1-2-14(10-15)21-25-17(13-31-21)12-20(27)24-16-4-5-18(23)19(11-16)32(28,29)26-6-8-30-9-7-26/h1-5,10-11,13H,6-9,12H2,(H,24,27). The molecule has 0 spiro atoms. The number of morpholine rings is 1. The molecule has 1 N–H and O–H groups in total. The van der Waals surface area contributed by atoms with E-state index in [4.69, 9.17) is 4.74 Å². The zero-order valence-electron chi connectivity index (χ0n) is 16.8. The highest BCUT2D eigenvalue weighted by Crippen LogP contribution is 2.26. The summed E-state index contributed by atoms with van der Waals surface area (Å²) >= 11 is 1.28. The van der Waals surface area contributed by atoms with E-state index in [0.717, 1.165) is 16.4 Å². The number of nitrogens with zero attached hydrogens (tertiary/aromatic N) is 2. The van der Waals surface area contributed by atoms with Crippen LogP contribution in [0.2, 0.25) is 0 Å². The molecule has 0 aliphatic carbocycles. The van der Waals surface area contributed by atoms with Crippen molar-refractivity contribution in [2.24, 2.45) is 0 Å². The average molecular weight is 480 g/mol. The summed E-state index contributed by atoms with van der Waals surface area (Å²) in [6, 6.07) is 9.41. The van der Waals surface area contributed by atoms with Crippen molar-refractivity contribution in [3.8, 4) is 10.6 Å². The lowest BCUT2D eigenvalue weighted by molar-refractivity contribution is -0.115. The Hall–Kier alpha value is -2.73.